The van der Waals surface area contributed by atoms with Gasteiger partial charge in [0.05, 0.1) is 5.69 Å². The Hall–Kier alpha value is -1.62. The largest absolute Gasteiger partial charge is 0.326 e. The van der Waals surface area contributed by atoms with Crippen molar-refractivity contribution in [2.45, 2.75) is 6.42 Å². The van der Waals surface area contributed by atoms with Crippen molar-refractivity contribution in [3.05, 3.63) is 54.6 Å². The molecule has 0 radical (unpaired) electrons. The number of aromatic nitrogens is 2. The van der Waals surface area contributed by atoms with E-state index in [-0.39, 0.29) is 5.56 Å². The molecule has 2 aromatic rings. The molecule has 0 spiro atoms. The number of hydrogen-bond acceptors (Lipinski definition) is 2. The molecule has 16 heavy (non-hydrogen) atoms. The Bertz CT molecular complexity index is 700. The van der Waals surface area contributed by atoms with Crippen molar-refractivity contribution in [2.75, 3.05) is 0 Å². The second-order valence-electron chi connectivity index (χ2n) is 3.74. The van der Waals surface area contributed by atoms with Crippen molar-refractivity contribution in [1.29, 1.82) is 0 Å². The molecule has 0 aliphatic heterocycles. The lowest BCUT2D eigenvalue weighted by Gasteiger charge is -1.99. The van der Waals surface area contributed by atoms with E-state index in [0.29, 0.717) is 17.7 Å². The van der Waals surface area contributed by atoms with E-state index in [2.05, 4.69) is 25.9 Å². The topological polar surface area (TPSA) is 65.7 Å². The molecular weight excluding hydrogens is 272 g/mol. The first kappa shape index (κ1) is 9.59. The van der Waals surface area contributed by atoms with Gasteiger partial charge in [0.1, 0.15) is 0 Å². The van der Waals surface area contributed by atoms with Gasteiger partial charge in [0.25, 0.3) is 5.56 Å². The first-order valence-corrected chi connectivity index (χ1v) is 5.59. The minimum absolute atomic E-state index is 0.300. The van der Waals surface area contributed by atoms with Gasteiger partial charge in [0, 0.05) is 22.0 Å². The molecule has 0 atom stereocenters. The molecule has 1 aliphatic carbocycles. The van der Waals surface area contributed by atoms with Crippen LogP contribution < -0.4 is 11.2 Å². The minimum Gasteiger partial charge on any atom is -0.307 e. The number of hydrogen-bond donors (Lipinski definition) is 2. The smallest absolute Gasteiger partial charge is 0.307 e. The zero-order valence-corrected chi connectivity index (χ0v) is 9.72. The average molecular weight is 279 g/mol. The first-order chi connectivity index (χ1) is 7.65. The zero-order chi connectivity index (χ0) is 11.3. The molecule has 3 rings (SSSR count). The first-order valence-electron chi connectivity index (χ1n) is 4.79. The average Bonchev–Trinajstić information content (AvgIpc) is 2.56. The molecule has 2 N–H and O–H groups in total. The SMILES string of the molecule is O=c1[nH]c2c(c(=O)[nH]1)Cc1cc(Br)ccc1-2. The van der Waals surface area contributed by atoms with E-state index < -0.39 is 5.69 Å². The van der Waals surface area contributed by atoms with Crippen molar-refractivity contribution < 1.29 is 0 Å². The molecule has 0 saturated carbocycles. The summed E-state index contributed by atoms with van der Waals surface area (Å²) in [4.78, 5) is 27.7. The van der Waals surface area contributed by atoms with Crippen LogP contribution >= 0.6 is 15.9 Å². The van der Waals surface area contributed by atoms with Gasteiger partial charge < -0.3 is 4.98 Å². The predicted molar refractivity (Wildman–Crippen MR) is 63.6 cm³/mol. The second-order valence-corrected chi connectivity index (χ2v) is 4.66. The van der Waals surface area contributed by atoms with Crippen LogP contribution in [-0.2, 0) is 6.42 Å². The summed E-state index contributed by atoms with van der Waals surface area (Å²) in [6, 6.07) is 5.77. The predicted octanol–water partition coefficient (Wildman–Crippen LogP) is 1.40. The Morgan fingerprint density at radius 2 is 2.00 bits per heavy atom. The van der Waals surface area contributed by atoms with Gasteiger partial charge in [-0.05, 0) is 17.7 Å². The third-order valence-corrected chi connectivity index (χ3v) is 3.24. The number of benzene rings is 1. The van der Waals surface area contributed by atoms with Crippen molar-refractivity contribution in [1.82, 2.24) is 9.97 Å². The summed E-state index contributed by atoms with van der Waals surface area (Å²) in [7, 11) is 0. The third-order valence-electron chi connectivity index (χ3n) is 2.75. The van der Waals surface area contributed by atoms with E-state index in [9.17, 15) is 9.59 Å². The highest BCUT2D eigenvalue weighted by molar-refractivity contribution is 9.10. The van der Waals surface area contributed by atoms with Crippen molar-refractivity contribution in [3.63, 3.8) is 0 Å². The Balaban J connectivity index is 2.38. The molecule has 80 valence electrons. The van der Waals surface area contributed by atoms with Crippen LogP contribution in [-0.4, -0.2) is 9.97 Å². The third kappa shape index (κ3) is 1.28. The van der Waals surface area contributed by atoms with E-state index in [1.807, 2.05) is 18.2 Å². The number of halogens is 1. The highest BCUT2D eigenvalue weighted by atomic mass is 79.9. The van der Waals surface area contributed by atoms with E-state index >= 15 is 0 Å². The van der Waals surface area contributed by atoms with Crippen LogP contribution in [0.4, 0.5) is 0 Å². The summed E-state index contributed by atoms with van der Waals surface area (Å²) in [6.45, 7) is 0. The van der Waals surface area contributed by atoms with Gasteiger partial charge in [0.15, 0.2) is 0 Å². The monoisotopic (exact) mass is 278 g/mol. The Morgan fingerprint density at radius 3 is 2.81 bits per heavy atom. The quantitative estimate of drug-likeness (QED) is 0.653. The molecule has 1 heterocycles. The van der Waals surface area contributed by atoms with Crippen molar-refractivity contribution >= 4 is 15.9 Å². The summed E-state index contributed by atoms with van der Waals surface area (Å²) in [6.07, 6.45) is 0.566. The highest BCUT2D eigenvalue weighted by Gasteiger charge is 2.22. The van der Waals surface area contributed by atoms with Gasteiger partial charge in [-0.25, -0.2) is 4.79 Å². The molecule has 0 unspecified atom stereocenters. The number of rotatable bonds is 0. The van der Waals surface area contributed by atoms with E-state index in [1.54, 1.807) is 0 Å². The standard InChI is InChI=1S/C11H7BrN2O2/c12-6-1-2-7-5(3-6)4-8-9(7)13-11(16)14-10(8)15/h1-3H,4H2,(H2,13,14,15,16). The lowest BCUT2D eigenvalue weighted by atomic mass is 10.1. The maximum atomic E-state index is 11.6. The maximum absolute atomic E-state index is 11.6. The normalized spacial score (nSPS) is 12.3. The fourth-order valence-electron chi connectivity index (χ4n) is 2.05. The van der Waals surface area contributed by atoms with Gasteiger partial charge in [0.2, 0.25) is 0 Å². The summed E-state index contributed by atoms with van der Waals surface area (Å²) >= 11 is 3.38. The van der Waals surface area contributed by atoms with Crippen LogP contribution in [0.15, 0.2) is 32.3 Å². The molecule has 4 nitrogen and oxygen atoms in total. The summed E-state index contributed by atoms with van der Waals surface area (Å²) < 4.78 is 0.970. The van der Waals surface area contributed by atoms with Crippen LogP contribution in [0.3, 0.4) is 0 Å². The Morgan fingerprint density at radius 1 is 1.19 bits per heavy atom. The minimum atomic E-state index is -0.459. The molecule has 1 aromatic carbocycles. The van der Waals surface area contributed by atoms with Crippen molar-refractivity contribution in [3.8, 4) is 11.3 Å². The highest BCUT2D eigenvalue weighted by Crippen LogP contribution is 2.33. The number of aromatic amines is 2. The van der Waals surface area contributed by atoms with Gasteiger partial charge >= 0.3 is 5.69 Å². The number of nitrogens with one attached hydrogen (secondary N) is 2. The van der Waals surface area contributed by atoms with E-state index in [4.69, 9.17) is 0 Å². The van der Waals surface area contributed by atoms with Crippen LogP contribution in [0, 0.1) is 0 Å². The van der Waals surface area contributed by atoms with Crippen LogP contribution in [0.1, 0.15) is 11.1 Å². The summed E-state index contributed by atoms with van der Waals surface area (Å²) in [5.41, 5.74) is 2.51. The summed E-state index contributed by atoms with van der Waals surface area (Å²) in [5.74, 6) is 0. The number of fused-ring (bicyclic) bond motifs is 3. The van der Waals surface area contributed by atoms with E-state index in [0.717, 1.165) is 15.6 Å². The maximum Gasteiger partial charge on any atom is 0.326 e. The molecule has 0 amide bonds. The number of H-pyrrole nitrogens is 2. The Kier molecular flexibility index (Phi) is 1.91. The second kappa shape index (κ2) is 3.18. The van der Waals surface area contributed by atoms with E-state index in [1.165, 1.54) is 0 Å². The van der Waals surface area contributed by atoms with Gasteiger partial charge in [-0.3, -0.25) is 9.78 Å². The van der Waals surface area contributed by atoms with Crippen LogP contribution in [0.2, 0.25) is 0 Å². The van der Waals surface area contributed by atoms with Crippen LogP contribution in [0.5, 0.6) is 0 Å². The Labute approximate surface area is 98.5 Å². The molecule has 1 aromatic heterocycles. The molecule has 1 aliphatic rings. The lowest BCUT2D eigenvalue weighted by Crippen LogP contribution is -2.24. The zero-order valence-electron chi connectivity index (χ0n) is 8.13. The van der Waals surface area contributed by atoms with Crippen molar-refractivity contribution in [2.24, 2.45) is 0 Å². The fourth-order valence-corrected chi connectivity index (χ4v) is 2.46. The molecule has 0 bridgehead atoms. The van der Waals surface area contributed by atoms with Gasteiger partial charge in [-0.2, -0.15) is 0 Å². The summed E-state index contributed by atoms with van der Waals surface area (Å²) in [5, 5.41) is 0. The molecular formula is C11H7BrN2O2. The fraction of sp³-hybridized carbons (Fsp3) is 0.0909. The molecule has 0 saturated heterocycles. The molecule has 0 fully saturated rings. The van der Waals surface area contributed by atoms with Gasteiger partial charge in [-0.1, -0.05) is 22.0 Å². The van der Waals surface area contributed by atoms with Crippen LogP contribution in [0.25, 0.3) is 11.3 Å². The lowest BCUT2D eigenvalue weighted by molar-refractivity contribution is 1.01. The molecule has 5 heteroatoms. The van der Waals surface area contributed by atoms with Gasteiger partial charge in [-0.15, -0.1) is 0 Å².